The van der Waals surface area contributed by atoms with Crippen molar-refractivity contribution in [1.29, 1.82) is 0 Å². The van der Waals surface area contributed by atoms with Crippen LogP contribution in [0, 0.1) is 0 Å². The molecule has 0 fully saturated rings. The van der Waals surface area contributed by atoms with Crippen LogP contribution in [-0.4, -0.2) is 32.9 Å². The van der Waals surface area contributed by atoms with Crippen molar-refractivity contribution in [2.75, 3.05) is 0 Å². The predicted molar refractivity (Wildman–Crippen MR) is 149 cm³/mol. The molecule has 2 N–H and O–H groups in total. The van der Waals surface area contributed by atoms with E-state index in [9.17, 15) is 19.6 Å². The normalized spacial score (nSPS) is 16.8. The lowest BCUT2D eigenvalue weighted by molar-refractivity contribution is -0.318. The summed E-state index contributed by atoms with van der Waals surface area (Å²) in [5, 5.41) is 20.6. The first-order valence-corrected chi connectivity index (χ1v) is 15.0. The number of hydrogen-bond acceptors (Lipinski definition) is 6. The molecule has 0 saturated heterocycles. The maximum Gasteiger partial charge on any atom is 0.377 e. The Labute approximate surface area is 229 Å². The molecule has 0 aliphatic heterocycles. The number of thiol groups is 1. The van der Waals surface area contributed by atoms with E-state index in [0.29, 0.717) is 24.3 Å². The minimum Gasteiger partial charge on any atom is -0.477 e. The Morgan fingerprint density at radius 2 is 1.61 bits per heavy atom. The number of aliphatic carboxylic acids is 1. The van der Waals surface area contributed by atoms with Crippen molar-refractivity contribution in [3.05, 3.63) is 34.9 Å². The number of carbonyl (C=O) groups is 1. The zero-order valence-corrected chi connectivity index (χ0v) is 24.5. The summed E-state index contributed by atoms with van der Waals surface area (Å²) in [4.78, 5) is 11.7. The lowest BCUT2D eigenvalue weighted by atomic mass is 9.88. The van der Waals surface area contributed by atoms with E-state index >= 15 is 0 Å². The average Bonchev–Trinajstić information content (AvgIpc) is 2.86. The third-order valence-electron chi connectivity index (χ3n) is 6.53. The third kappa shape index (κ3) is 11.8. The summed E-state index contributed by atoms with van der Waals surface area (Å²) in [6.45, 7) is 6.10. The first-order valence-electron chi connectivity index (χ1n) is 13.3. The fraction of sp³-hybridized carbons (Fsp3) is 0.741. The minimum atomic E-state index is -2.90. The van der Waals surface area contributed by atoms with E-state index in [4.69, 9.17) is 21.1 Å². The van der Waals surface area contributed by atoms with Gasteiger partial charge in [-0.05, 0) is 49.3 Å². The second kappa shape index (κ2) is 17.8. The van der Waals surface area contributed by atoms with Gasteiger partial charge in [-0.3, -0.25) is 9.30 Å². The summed E-state index contributed by atoms with van der Waals surface area (Å²) in [5.41, 5.74) is -2.29. The third-order valence-corrected chi connectivity index (χ3v) is 7.67. The maximum absolute atomic E-state index is 11.7. The summed E-state index contributed by atoms with van der Waals surface area (Å²) < 4.78 is 23.5. The van der Waals surface area contributed by atoms with Crippen molar-refractivity contribution in [3.8, 4) is 0 Å². The van der Waals surface area contributed by atoms with Crippen LogP contribution in [0.3, 0.4) is 0 Å². The molecule has 0 spiro atoms. The highest BCUT2D eigenvalue weighted by Gasteiger charge is 2.48. The summed E-state index contributed by atoms with van der Waals surface area (Å²) in [7, 11) is -1.06. The molecule has 0 bridgehead atoms. The number of benzene rings is 1. The number of hydrogen-bond donors (Lipinski definition) is 3. The number of carboxylic acids is 1. The van der Waals surface area contributed by atoms with E-state index < -0.39 is 31.2 Å². The lowest BCUT2D eigenvalue weighted by Gasteiger charge is -2.39. The Balaban J connectivity index is 2.97. The molecule has 4 atom stereocenters. The summed E-state index contributed by atoms with van der Waals surface area (Å²) >= 11 is 10.7. The molecule has 0 saturated carbocycles. The standard InChI is InChI=1S/C27H44ClO6PS/c1-4-7-8-9-10-11-12-14-24(36)33-26(6-3,34-27(31,35-32)25(29)30)20-19-21(13-5-2)22-15-17-23(28)18-16-22/h15-18,21,24,31,36H,4-14,19-20H2,1-3H3,(H,29,30). The molecule has 0 aliphatic carbocycles. The van der Waals surface area contributed by atoms with Gasteiger partial charge in [0.2, 0.25) is 8.46 Å². The Hall–Kier alpha value is -0.690. The van der Waals surface area contributed by atoms with Gasteiger partial charge in [0.15, 0.2) is 5.79 Å². The van der Waals surface area contributed by atoms with Crippen LogP contribution in [0.4, 0.5) is 0 Å². The highest BCUT2D eigenvalue weighted by Crippen LogP contribution is 2.39. The molecule has 206 valence electrons. The van der Waals surface area contributed by atoms with Gasteiger partial charge in [0, 0.05) is 11.4 Å². The number of rotatable bonds is 21. The van der Waals surface area contributed by atoms with Crippen molar-refractivity contribution in [1.82, 2.24) is 0 Å². The molecule has 36 heavy (non-hydrogen) atoms. The fourth-order valence-corrected chi connectivity index (χ4v) is 5.15. The van der Waals surface area contributed by atoms with Crippen LogP contribution in [0.2, 0.25) is 5.02 Å². The van der Waals surface area contributed by atoms with Crippen LogP contribution in [0.15, 0.2) is 24.3 Å². The van der Waals surface area contributed by atoms with Crippen LogP contribution in [-0.2, 0) is 18.8 Å². The van der Waals surface area contributed by atoms with E-state index in [-0.39, 0.29) is 12.3 Å². The molecule has 0 aliphatic rings. The van der Waals surface area contributed by atoms with E-state index in [1.54, 1.807) is 6.92 Å². The number of carboxylic acid groups (broad SMARTS) is 1. The van der Waals surface area contributed by atoms with Crippen molar-refractivity contribution < 1.29 is 29.0 Å². The zero-order valence-electron chi connectivity index (χ0n) is 22.0. The SMILES string of the molecule is CCCCCCCCCC(S)OC(CC)(CCC(CCC)c1ccc(Cl)cc1)OC(O)(P=O)C(=O)O. The van der Waals surface area contributed by atoms with Crippen LogP contribution < -0.4 is 0 Å². The molecule has 1 aromatic rings. The molecule has 0 heterocycles. The Kier molecular flexibility index (Phi) is 16.4. The van der Waals surface area contributed by atoms with Crippen LogP contribution in [0.5, 0.6) is 0 Å². The van der Waals surface area contributed by atoms with Crippen LogP contribution >= 0.6 is 32.7 Å². The van der Waals surface area contributed by atoms with Gasteiger partial charge in [-0.15, -0.1) is 12.6 Å². The van der Waals surface area contributed by atoms with Crippen molar-refractivity contribution in [3.63, 3.8) is 0 Å². The fourth-order valence-electron chi connectivity index (χ4n) is 4.37. The second-order valence-electron chi connectivity index (χ2n) is 9.43. The van der Waals surface area contributed by atoms with Gasteiger partial charge in [-0.2, -0.15) is 0 Å². The Morgan fingerprint density at radius 1 is 1.00 bits per heavy atom. The molecule has 1 rings (SSSR count). The van der Waals surface area contributed by atoms with Gasteiger partial charge in [-0.25, -0.2) is 4.79 Å². The molecule has 4 unspecified atom stereocenters. The van der Waals surface area contributed by atoms with E-state index in [2.05, 4.69) is 26.5 Å². The van der Waals surface area contributed by atoms with Crippen molar-refractivity contribution in [2.45, 2.75) is 127 Å². The number of ether oxygens (including phenoxy) is 2. The molecular formula is C27H44ClO6PS. The number of aliphatic hydroxyl groups is 1. The van der Waals surface area contributed by atoms with Crippen molar-refractivity contribution in [2.24, 2.45) is 0 Å². The minimum absolute atomic E-state index is 0.162. The molecular weight excluding hydrogens is 519 g/mol. The predicted octanol–water partition coefficient (Wildman–Crippen LogP) is 8.56. The maximum atomic E-state index is 11.7. The molecule has 0 radical (unpaired) electrons. The molecule has 0 aromatic heterocycles. The highest BCUT2D eigenvalue weighted by atomic mass is 35.5. The summed E-state index contributed by atoms with van der Waals surface area (Å²) in [6, 6.07) is 7.68. The average molecular weight is 563 g/mol. The van der Waals surface area contributed by atoms with Crippen LogP contribution in [0.1, 0.15) is 116 Å². The van der Waals surface area contributed by atoms with E-state index in [0.717, 1.165) is 37.7 Å². The molecule has 0 amide bonds. The van der Waals surface area contributed by atoms with Gasteiger partial charge in [0.05, 0.1) is 0 Å². The van der Waals surface area contributed by atoms with Gasteiger partial charge in [0.25, 0.3) is 0 Å². The Morgan fingerprint density at radius 3 is 2.14 bits per heavy atom. The second-order valence-corrected chi connectivity index (χ2v) is 11.2. The lowest BCUT2D eigenvalue weighted by Crippen LogP contribution is -2.49. The Bertz CT molecular complexity index is 767. The summed E-state index contributed by atoms with van der Waals surface area (Å²) in [6.07, 6.45) is 11.8. The van der Waals surface area contributed by atoms with Crippen molar-refractivity contribution >= 4 is 38.7 Å². The molecule has 1 aromatic carbocycles. The largest absolute Gasteiger partial charge is 0.477 e. The van der Waals surface area contributed by atoms with E-state index in [1.165, 1.54) is 25.7 Å². The smallest absolute Gasteiger partial charge is 0.377 e. The van der Waals surface area contributed by atoms with E-state index in [1.807, 2.05) is 24.3 Å². The topological polar surface area (TPSA) is 93.1 Å². The first kappa shape index (κ1) is 33.3. The summed E-state index contributed by atoms with van der Waals surface area (Å²) in [5.74, 6) is -3.03. The highest BCUT2D eigenvalue weighted by molar-refractivity contribution is 7.80. The van der Waals surface area contributed by atoms with Gasteiger partial charge in [-0.1, -0.05) is 95.9 Å². The number of unbranched alkanes of at least 4 members (excludes halogenated alkanes) is 6. The molecule has 6 nitrogen and oxygen atoms in total. The zero-order chi connectivity index (χ0) is 27.0. The van der Waals surface area contributed by atoms with Gasteiger partial charge < -0.3 is 14.9 Å². The first-order chi connectivity index (χ1) is 17.1. The van der Waals surface area contributed by atoms with Gasteiger partial charge >= 0.3 is 11.5 Å². The monoisotopic (exact) mass is 562 g/mol. The van der Waals surface area contributed by atoms with Crippen LogP contribution in [0.25, 0.3) is 0 Å². The number of halogens is 1. The quantitative estimate of drug-likeness (QED) is 0.0601. The van der Waals surface area contributed by atoms with Gasteiger partial charge in [0.1, 0.15) is 5.44 Å². The molecule has 9 heteroatoms.